The number of unbranched alkanes of at least 4 members (excludes halogenated alkanes) is 1. The fraction of sp³-hybridized carbons (Fsp3) is 0.611. The molecule has 0 unspecified atom stereocenters. The molecule has 2 rings (SSSR count). The fourth-order valence-electron chi connectivity index (χ4n) is 2.79. The predicted octanol–water partition coefficient (Wildman–Crippen LogP) is 3.54. The summed E-state index contributed by atoms with van der Waals surface area (Å²) >= 11 is 0. The molecule has 0 radical (unpaired) electrons. The Hall–Kier alpha value is -1.55. The molecule has 4 heteroatoms. The molecule has 1 aromatic carbocycles. The van der Waals surface area contributed by atoms with Crippen molar-refractivity contribution in [2.24, 2.45) is 0 Å². The van der Waals surface area contributed by atoms with Gasteiger partial charge in [-0.15, -0.1) is 0 Å². The van der Waals surface area contributed by atoms with Gasteiger partial charge in [-0.2, -0.15) is 0 Å². The normalized spacial score (nSPS) is 15.5. The summed E-state index contributed by atoms with van der Waals surface area (Å²) in [5.74, 6) is 1.38. The first kappa shape index (κ1) is 16.8. The van der Waals surface area contributed by atoms with Crippen LogP contribution in [0.25, 0.3) is 0 Å². The minimum atomic E-state index is 0.563. The number of carbonyl (C=O) groups is 1. The van der Waals surface area contributed by atoms with Crippen molar-refractivity contribution in [2.75, 3.05) is 32.8 Å². The summed E-state index contributed by atoms with van der Waals surface area (Å²) in [5.41, 5.74) is 0.612. The van der Waals surface area contributed by atoms with Gasteiger partial charge in [0.15, 0.2) is 11.5 Å². The first-order valence-electron chi connectivity index (χ1n) is 8.40. The maximum Gasteiger partial charge on any atom is 0.161 e. The molecule has 1 aliphatic heterocycles. The molecule has 0 aromatic heterocycles. The van der Waals surface area contributed by atoms with Crippen LogP contribution < -0.4 is 9.47 Å². The molecule has 0 atom stereocenters. The van der Waals surface area contributed by atoms with Crippen molar-refractivity contribution < 1.29 is 14.3 Å². The van der Waals surface area contributed by atoms with Gasteiger partial charge in [0, 0.05) is 5.56 Å². The SMILES string of the molecule is CCOc1cc(C=O)ccc1OCCCCN1CCCCC1. The van der Waals surface area contributed by atoms with E-state index in [1.165, 1.54) is 38.9 Å². The lowest BCUT2D eigenvalue weighted by atomic mass is 10.1. The number of benzene rings is 1. The third kappa shape index (κ3) is 5.34. The second kappa shape index (κ2) is 9.46. The Kier molecular flexibility index (Phi) is 7.23. The molecule has 0 saturated carbocycles. The summed E-state index contributed by atoms with van der Waals surface area (Å²) in [4.78, 5) is 13.4. The van der Waals surface area contributed by atoms with Crippen LogP contribution in [0.2, 0.25) is 0 Å². The van der Waals surface area contributed by atoms with Crippen LogP contribution in [-0.4, -0.2) is 44.0 Å². The number of ether oxygens (including phenoxy) is 2. The first-order valence-corrected chi connectivity index (χ1v) is 8.40. The summed E-state index contributed by atoms with van der Waals surface area (Å²) < 4.78 is 11.4. The Labute approximate surface area is 133 Å². The van der Waals surface area contributed by atoms with Crippen LogP contribution in [0.15, 0.2) is 18.2 Å². The van der Waals surface area contributed by atoms with Crippen LogP contribution in [0.1, 0.15) is 49.4 Å². The molecular weight excluding hydrogens is 278 g/mol. The third-order valence-corrected chi connectivity index (χ3v) is 3.98. The highest BCUT2D eigenvalue weighted by molar-refractivity contribution is 5.76. The van der Waals surface area contributed by atoms with Crippen LogP contribution in [0.4, 0.5) is 0 Å². The molecule has 0 bridgehead atoms. The van der Waals surface area contributed by atoms with Crippen molar-refractivity contribution in [3.63, 3.8) is 0 Å². The van der Waals surface area contributed by atoms with E-state index in [-0.39, 0.29) is 0 Å². The van der Waals surface area contributed by atoms with Gasteiger partial charge in [-0.3, -0.25) is 4.79 Å². The molecule has 0 amide bonds. The lowest BCUT2D eigenvalue weighted by molar-refractivity contribution is 0.112. The number of likely N-dealkylation sites (tertiary alicyclic amines) is 1. The Bertz CT molecular complexity index is 456. The molecule has 22 heavy (non-hydrogen) atoms. The van der Waals surface area contributed by atoms with E-state index in [0.717, 1.165) is 24.9 Å². The molecule has 0 aliphatic carbocycles. The van der Waals surface area contributed by atoms with E-state index in [4.69, 9.17) is 9.47 Å². The van der Waals surface area contributed by atoms with Crippen LogP contribution in [0, 0.1) is 0 Å². The average molecular weight is 305 g/mol. The van der Waals surface area contributed by atoms with Crippen molar-refractivity contribution in [1.29, 1.82) is 0 Å². The maximum atomic E-state index is 10.8. The molecule has 4 nitrogen and oxygen atoms in total. The number of hydrogen-bond acceptors (Lipinski definition) is 4. The Morgan fingerprint density at radius 1 is 1.09 bits per heavy atom. The zero-order valence-electron chi connectivity index (χ0n) is 13.6. The second-order valence-electron chi connectivity index (χ2n) is 5.71. The van der Waals surface area contributed by atoms with Crippen molar-refractivity contribution in [3.8, 4) is 11.5 Å². The molecule has 1 heterocycles. The largest absolute Gasteiger partial charge is 0.490 e. The second-order valence-corrected chi connectivity index (χ2v) is 5.71. The topological polar surface area (TPSA) is 38.8 Å². The van der Waals surface area contributed by atoms with Crippen molar-refractivity contribution >= 4 is 6.29 Å². The molecule has 1 saturated heterocycles. The molecule has 1 aliphatic rings. The summed E-state index contributed by atoms with van der Waals surface area (Å²) in [6, 6.07) is 5.32. The standard InChI is InChI=1S/C18H27NO3/c1-2-21-18-14-16(15-20)8-9-17(18)22-13-7-6-12-19-10-4-3-5-11-19/h8-9,14-15H,2-7,10-13H2,1H3. The monoisotopic (exact) mass is 305 g/mol. The van der Waals surface area contributed by atoms with E-state index in [9.17, 15) is 4.79 Å². The zero-order valence-corrected chi connectivity index (χ0v) is 13.6. The maximum absolute atomic E-state index is 10.8. The highest BCUT2D eigenvalue weighted by atomic mass is 16.5. The van der Waals surface area contributed by atoms with Gasteiger partial charge in [-0.25, -0.2) is 0 Å². The zero-order chi connectivity index (χ0) is 15.6. The van der Waals surface area contributed by atoms with E-state index in [1.807, 2.05) is 13.0 Å². The number of carbonyl (C=O) groups excluding carboxylic acids is 1. The van der Waals surface area contributed by atoms with Crippen molar-refractivity contribution in [1.82, 2.24) is 4.90 Å². The number of piperidine rings is 1. The summed E-state index contributed by atoms with van der Waals surface area (Å²) in [6.45, 7) is 6.86. The van der Waals surface area contributed by atoms with E-state index in [2.05, 4.69) is 4.90 Å². The van der Waals surface area contributed by atoms with Gasteiger partial charge >= 0.3 is 0 Å². The van der Waals surface area contributed by atoms with E-state index >= 15 is 0 Å². The van der Waals surface area contributed by atoms with Crippen molar-refractivity contribution in [3.05, 3.63) is 23.8 Å². The first-order chi connectivity index (χ1) is 10.8. The lowest BCUT2D eigenvalue weighted by Crippen LogP contribution is -2.30. The summed E-state index contributed by atoms with van der Waals surface area (Å²) in [5, 5.41) is 0. The van der Waals surface area contributed by atoms with E-state index in [1.54, 1.807) is 12.1 Å². The highest BCUT2D eigenvalue weighted by Gasteiger charge is 2.09. The summed E-state index contributed by atoms with van der Waals surface area (Å²) in [7, 11) is 0. The van der Waals surface area contributed by atoms with E-state index < -0.39 is 0 Å². The van der Waals surface area contributed by atoms with Crippen LogP contribution in [0.5, 0.6) is 11.5 Å². The molecule has 1 fully saturated rings. The van der Waals surface area contributed by atoms with Crippen LogP contribution in [-0.2, 0) is 0 Å². The quantitative estimate of drug-likeness (QED) is 0.517. The Balaban J connectivity index is 1.72. The Morgan fingerprint density at radius 2 is 1.91 bits per heavy atom. The molecular formula is C18H27NO3. The van der Waals surface area contributed by atoms with E-state index in [0.29, 0.717) is 24.5 Å². The highest BCUT2D eigenvalue weighted by Crippen LogP contribution is 2.28. The third-order valence-electron chi connectivity index (χ3n) is 3.98. The fourth-order valence-corrected chi connectivity index (χ4v) is 2.79. The number of hydrogen-bond donors (Lipinski definition) is 0. The smallest absolute Gasteiger partial charge is 0.161 e. The van der Waals surface area contributed by atoms with Crippen molar-refractivity contribution in [2.45, 2.75) is 39.0 Å². The lowest BCUT2D eigenvalue weighted by Gasteiger charge is -2.26. The predicted molar refractivity (Wildman–Crippen MR) is 88.0 cm³/mol. The van der Waals surface area contributed by atoms with Crippen LogP contribution >= 0.6 is 0 Å². The number of nitrogens with zero attached hydrogens (tertiary/aromatic N) is 1. The van der Waals surface area contributed by atoms with Gasteiger partial charge in [0.25, 0.3) is 0 Å². The summed E-state index contributed by atoms with van der Waals surface area (Å²) in [6.07, 6.45) is 7.10. The molecule has 122 valence electrons. The van der Waals surface area contributed by atoms with Gasteiger partial charge in [0.05, 0.1) is 13.2 Å². The van der Waals surface area contributed by atoms with Gasteiger partial charge in [0.2, 0.25) is 0 Å². The van der Waals surface area contributed by atoms with Gasteiger partial charge in [-0.05, 0) is 70.4 Å². The van der Waals surface area contributed by atoms with Gasteiger partial charge in [-0.1, -0.05) is 6.42 Å². The average Bonchev–Trinajstić information content (AvgIpc) is 2.57. The number of rotatable bonds is 9. The molecule has 1 aromatic rings. The molecule has 0 spiro atoms. The Morgan fingerprint density at radius 3 is 2.64 bits per heavy atom. The van der Waals surface area contributed by atoms with Gasteiger partial charge in [0.1, 0.15) is 6.29 Å². The number of aldehydes is 1. The minimum Gasteiger partial charge on any atom is -0.490 e. The van der Waals surface area contributed by atoms with Gasteiger partial charge < -0.3 is 14.4 Å². The minimum absolute atomic E-state index is 0.563. The molecule has 0 N–H and O–H groups in total. The van der Waals surface area contributed by atoms with Crippen LogP contribution in [0.3, 0.4) is 0 Å².